The summed E-state index contributed by atoms with van der Waals surface area (Å²) in [6.45, 7) is 8.63. The van der Waals surface area contributed by atoms with Crippen LogP contribution in [0.3, 0.4) is 0 Å². The fourth-order valence-electron chi connectivity index (χ4n) is 3.27. The average molecular weight is 266 g/mol. The van der Waals surface area contributed by atoms with Gasteiger partial charge in [0.25, 0.3) is 0 Å². The van der Waals surface area contributed by atoms with E-state index in [2.05, 4.69) is 35.8 Å². The zero-order chi connectivity index (χ0) is 12.7. The number of aryl methyl sites for hydroxylation is 1. The van der Waals surface area contributed by atoms with Crippen LogP contribution < -0.4 is 0 Å². The molecule has 0 saturated carbocycles. The Bertz CT molecular complexity index is 420. The van der Waals surface area contributed by atoms with E-state index in [4.69, 9.17) is 0 Å². The molecule has 2 aliphatic rings. The van der Waals surface area contributed by atoms with Crippen LogP contribution in [0.2, 0.25) is 0 Å². The highest BCUT2D eigenvalue weighted by atomic mass is 32.1. The summed E-state index contributed by atoms with van der Waals surface area (Å²) in [6.07, 6.45) is 0.846. The van der Waals surface area contributed by atoms with E-state index in [1.807, 2.05) is 11.3 Å². The largest absolute Gasteiger partial charge is 0.392 e. The summed E-state index contributed by atoms with van der Waals surface area (Å²) in [5.41, 5.74) is 0. The second kappa shape index (κ2) is 4.93. The predicted molar refractivity (Wildman–Crippen MR) is 74.9 cm³/mol. The minimum atomic E-state index is -0.105. The molecule has 3 heterocycles. The van der Waals surface area contributed by atoms with E-state index < -0.39 is 0 Å². The first-order valence-electron chi connectivity index (χ1n) is 6.83. The van der Waals surface area contributed by atoms with Crippen LogP contribution >= 0.6 is 11.3 Å². The van der Waals surface area contributed by atoms with Gasteiger partial charge in [0, 0.05) is 48.0 Å². The van der Waals surface area contributed by atoms with Crippen LogP contribution in [-0.4, -0.2) is 52.7 Å². The van der Waals surface area contributed by atoms with Crippen LogP contribution in [0.15, 0.2) is 12.1 Å². The minimum absolute atomic E-state index is 0.105. The maximum atomic E-state index is 9.77. The first kappa shape index (κ1) is 12.6. The molecule has 3 nitrogen and oxygen atoms in total. The summed E-state index contributed by atoms with van der Waals surface area (Å²) in [7, 11) is 0. The molecule has 3 atom stereocenters. The molecule has 1 aromatic heterocycles. The molecule has 2 aliphatic heterocycles. The Morgan fingerprint density at radius 3 is 2.89 bits per heavy atom. The topological polar surface area (TPSA) is 26.7 Å². The number of rotatable bonds is 2. The number of piperazine rings is 1. The summed E-state index contributed by atoms with van der Waals surface area (Å²) in [6, 6.07) is 5.62. The van der Waals surface area contributed by atoms with E-state index in [0.717, 1.165) is 32.6 Å². The van der Waals surface area contributed by atoms with E-state index in [0.29, 0.717) is 12.1 Å². The Hall–Kier alpha value is -0.420. The molecule has 0 spiro atoms. The number of hydrogen-bond donors (Lipinski definition) is 1. The summed E-state index contributed by atoms with van der Waals surface area (Å²) in [4.78, 5) is 7.90. The fourth-order valence-corrected chi connectivity index (χ4v) is 4.18. The van der Waals surface area contributed by atoms with E-state index in [1.165, 1.54) is 9.75 Å². The Labute approximate surface area is 113 Å². The molecule has 100 valence electrons. The number of fused-ring (bicyclic) bond motifs is 1. The van der Waals surface area contributed by atoms with Crippen molar-refractivity contribution < 1.29 is 5.11 Å². The van der Waals surface area contributed by atoms with Gasteiger partial charge in [0.05, 0.1) is 6.10 Å². The predicted octanol–water partition coefficient (Wildman–Crippen LogP) is 1.70. The number of hydrogen-bond acceptors (Lipinski definition) is 4. The molecule has 1 N–H and O–H groups in total. The number of nitrogens with zero attached hydrogens (tertiary/aromatic N) is 2. The highest BCUT2D eigenvalue weighted by molar-refractivity contribution is 7.11. The SMILES string of the molecule is Cc1ccc(CN2C[C@H]3C[C@@H](O)CN3C[C@H]2C)s1. The highest BCUT2D eigenvalue weighted by Crippen LogP contribution is 2.27. The van der Waals surface area contributed by atoms with Crippen LogP contribution in [0.25, 0.3) is 0 Å². The number of thiophene rings is 1. The van der Waals surface area contributed by atoms with Gasteiger partial charge >= 0.3 is 0 Å². The quantitative estimate of drug-likeness (QED) is 0.882. The second-order valence-corrected chi connectivity index (χ2v) is 7.16. The Kier molecular flexibility index (Phi) is 3.45. The van der Waals surface area contributed by atoms with Crippen molar-refractivity contribution >= 4 is 11.3 Å². The van der Waals surface area contributed by atoms with Crippen LogP contribution in [0.1, 0.15) is 23.1 Å². The third kappa shape index (κ3) is 2.48. The Morgan fingerprint density at radius 1 is 1.33 bits per heavy atom. The number of aliphatic hydroxyl groups excluding tert-OH is 1. The van der Waals surface area contributed by atoms with Crippen LogP contribution in [0.5, 0.6) is 0 Å². The van der Waals surface area contributed by atoms with Gasteiger partial charge in [-0.2, -0.15) is 0 Å². The van der Waals surface area contributed by atoms with Crippen molar-refractivity contribution in [2.24, 2.45) is 0 Å². The standard InChI is InChI=1S/C14H22N2OS/c1-10-6-16-8-13(17)5-12(16)7-15(10)9-14-4-3-11(2)18-14/h3-4,10,12-13,17H,5-9H2,1-2H3/t10-,12-,13-/m1/s1. The van der Waals surface area contributed by atoms with Crippen molar-refractivity contribution in [3.63, 3.8) is 0 Å². The molecule has 4 heteroatoms. The van der Waals surface area contributed by atoms with Crippen molar-refractivity contribution in [2.75, 3.05) is 19.6 Å². The van der Waals surface area contributed by atoms with Crippen molar-refractivity contribution in [1.82, 2.24) is 9.80 Å². The molecule has 0 bridgehead atoms. The van der Waals surface area contributed by atoms with Crippen LogP contribution in [-0.2, 0) is 6.54 Å². The van der Waals surface area contributed by atoms with Crippen LogP contribution in [0.4, 0.5) is 0 Å². The second-order valence-electron chi connectivity index (χ2n) is 5.79. The minimum Gasteiger partial charge on any atom is -0.392 e. The summed E-state index contributed by atoms with van der Waals surface area (Å²) >= 11 is 1.90. The molecule has 0 unspecified atom stereocenters. The maximum absolute atomic E-state index is 9.77. The Balaban J connectivity index is 1.66. The van der Waals surface area contributed by atoms with E-state index in [1.54, 1.807) is 0 Å². The first-order valence-corrected chi connectivity index (χ1v) is 7.65. The van der Waals surface area contributed by atoms with Gasteiger partial charge in [-0.15, -0.1) is 11.3 Å². The van der Waals surface area contributed by atoms with E-state index >= 15 is 0 Å². The van der Waals surface area contributed by atoms with E-state index in [9.17, 15) is 5.11 Å². The van der Waals surface area contributed by atoms with E-state index in [-0.39, 0.29) is 6.10 Å². The van der Waals surface area contributed by atoms with Gasteiger partial charge in [-0.25, -0.2) is 0 Å². The molecule has 0 aromatic carbocycles. The van der Waals surface area contributed by atoms with Crippen molar-refractivity contribution in [2.45, 2.75) is 45.0 Å². The van der Waals surface area contributed by atoms with Gasteiger partial charge in [0.2, 0.25) is 0 Å². The van der Waals surface area contributed by atoms with Crippen molar-refractivity contribution in [1.29, 1.82) is 0 Å². The van der Waals surface area contributed by atoms with Crippen molar-refractivity contribution in [3.05, 3.63) is 21.9 Å². The lowest BCUT2D eigenvalue weighted by Crippen LogP contribution is -2.54. The monoisotopic (exact) mass is 266 g/mol. The van der Waals surface area contributed by atoms with Gasteiger partial charge < -0.3 is 5.11 Å². The molecule has 0 radical (unpaired) electrons. The smallest absolute Gasteiger partial charge is 0.0682 e. The fraction of sp³-hybridized carbons (Fsp3) is 0.714. The lowest BCUT2D eigenvalue weighted by molar-refractivity contribution is 0.0535. The maximum Gasteiger partial charge on any atom is 0.0682 e. The zero-order valence-electron chi connectivity index (χ0n) is 11.2. The zero-order valence-corrected chi connectivity index (χ0v) is 12.0. The summed E-state index contributed by atoms with van der Waals surface area (Å²) < 4.78 is 0. The normalized spacial score (nSPS) is 33.8. The molecular weight excluding hydrogens is 244 g/mol. The van der Waals surface area contributed by atoms with Gasteiger partial charge in [-0.1, -0.05) is 0 Å². The molecule has 2 saturated heterocycles. The molecule has 3 rings (SSSR count). The Morgan fingerprint density at radius 2 is 2.17 bits per heavy atom. The average Bonchev–Trinajstić information content (AvgIpc) is 2.85. The van der Waals surface area contributed by atoms with Gasteiger partial charge in [0.1, 0.15) is 0 Å². The van der Waals surface area contributed by atoms with Crippen molar-refractivity contribution in [3.8, 4) is 0 Å². The molecule has 0 amide bonds. The van der Waals surface area contributed by atoms with Gasteiger partial charge in [-0.3, -0.25) is 9.80 Å². The van der Waals surface area contributed by atoms with Crippen LogP contribution in [0, 0.1) is 6.92 Å². The molecule has 18 heavy (non-hydrogen) atoms. The lowest BCUT2D eigenvalue weighted by Gasteiger charge is -2.42. The third-order valence-electron chi connectivity index (χ3n) is 4.23. The summed E-state index contributed by atoms with van der Waals surface area (Å²) in [5, 5.41) is 9.77. The first-order chi connectivity index (χ1) is 8.61. The lowest BCUT2D eigenvalue weighted by atomic mass is 10.1. The van der Waals surface area contributed by atoms with Gasteiger partial charge in [-0.05, 0) is 32.4 Å². The third-order valence-corrected chi connectivity index (χ3v) is 5.21. The van der Waals surface area contributed by atoms with Gasteiger partial charge in [0.15, 0.2) is 0 Å². The molecular formula is C14H22N2OS. The molecule has 1 aromatic rings. The molecule has 0 aliphatic carbocycles. The number of aliphatic hydroxyl groups is 1. The highest BCUT2D eigenvalue weighted by Gasteiger charge is 2.37. The molecule has 2 fully saturated rings. The summed E-state index contributed by atoms with van der Waals surface area (Å²) in [5.74, 6) is 0.